The average Bonchev–Trinajstić information content (AvgIpc) is 2.24. The predicted molar refractivity (Wildman–Crippen MR) is 68.2 cm³/mol. The Labute approximate surface area is 110 Å². The number of hydrogen-bond acceptors (Lipinski definition) is 1. The van der Waals surface area contributed by atoms with E-state index in [4.69, 9.17) is 0 Å². The van der Waals surface area contributed by atoms with Gasteiger partial charge in [-0.3, -0.25) is 0 Å². The Hall–Kier alpha value is -1.36. The molecule has 1 N–H and O–H groups in total. The third-order valence-electron chi connectivity index (χ3n) is 2.45. The lowest BCUT2D eigenvalue weighted by atomic mass is 10.1. The number of benzene rings is 1. The third-order valence-corrected chi connectivity index (χ3v) is 2.45. The zero-order valence-corrected chi connectivity index (χ0v) is 11.1. The predicted octanol–water partition coefficient (Wildman–Crippen LogP) is 4.25. The van der Waals surface area contributed by atoms with Crippen molar-refractivity contribution in [3.05, 3.63) is 40.7 Å². The van der Waals surface area contributed by atoms with E-state index >= 15 is 0 Å². The summed E-state index contributed by atoms with van der Waals surface area (Å²) in [6.45, 7) is 6.28. The smallest absolute Gasteiger partial charge is 0.311 e. The van der Waals surface area contributed by atoms with E-state index in [0.717, 1.165) is 17.7 Å². The van der Waals surface area contributed by atoms with Crippen LogP contribution < -0.4 is 5.32 Å². The second-order valence-electron chi connectivity index (χ2n) is 4.80. The standard InChI is InChI=1S/C14H17F4N/c1-9(2)19-8-10(3)4-11-5-12(14(16,17)18)7-13(15)6-11/h4-7,9,19H,8H2,1-3H3/b10-4+. The highest BCUT2D eigenvalue weighted by atomic mass is 19.4. The summed E-state index contributed by atoms with van der Waals surface area (Å²) >= 11 is 0. The molecule has 0 aromatic heterocycles. The molecule has 19 heavy (non-hydrogen) atoms. The van der Waals surface area contributed by atoms with Crippen molar-refractivity contribution in [2.45, 2.75) is 33.0 Å². The lowest BCUT2D eigenvalue weighted by Crippen LogP contribution is -2.24. The van der Waals surface area contributed by atoms with E-state index in [9.17, 15) is 17.6 Å². The fourth-order valence-corrected chi connectivity index (χ4v) is 1.56. The second-order valence-corrected chi connectivity index (χ2v) is 4.80. The van der Waals surface area contributed by atoms with Gasteiger partial charge >= 0.3 is 6.18 Å². The van der Waals surface area contributed by atoms with Crippen molar-refractivity contribution < 1.29 is 17.6 Å². The van der Waals surface area contributed by atoms with E-state index in [-0.39, 0.29) is 11.6 Å². The normalized spacial score (nSPS) is 13.2. The Morgan fingerprint density at radius 2 is 1.89 bits per heavy atom. The highest BCUT2D eigenvalue weighted by Gasteiger charge is 2.31. The first-order valence-corrected chi connectivity index (χ1v) is 5.97. The fourth-order valence-electron chi connectivity index (χ4n) is 1.56. The molecule has 1 nitrogen and oxygen atoms in total. The van der Waals surface area contributed by atoms with E-state index in [1.807, 2.05) is 13.8 Å². The zero-order valence-electron chi connectivity index (χ0n) is 11.1. The molecule has 1 aromatic rings. The van der Waals surface area contributed by atoms with Gasteiger partial charge < -0.3 is 5.32 Å². The quantitative estimate of drug-likeness (QED) is 0.810. The van der Waals surface area contributed by atoms with Crippen LogP contribution in [0.15, 0.2) is 23.8 Å². The second kappa shape index (κ2) is 6.19. The Bertz CT molecular complexity index is 461. The molecular formula is C14H17F4N. The summed E-state index contributed by atoms with van der Waals surface area (Å²) in [5.41, 5.74) is 0.0891. The molecule has 106 valence electrons. The van der Waals surface area contributed by atoms with Crippen molar-refractivity contribution in [2.75, 3.05) is 6.54 Å². The molecule has 0 bridgehead atoms. The molecule has 0 fully saturated rings. The Balaban J connectivity index is 2.95. The molecule has 0 atom stereocenters. The summed E-state index contributed by atoms with van der Waals surface area (Å²) in [6, 6.07) is 2.82. The molecule has 0 saturated carbocycles. The molecule has 0 saturated heterocycles. The summed E-state index contributed by atoms with van der Waals surface area (Å²) in [4.78, 5) is 0. The molecular weight excluding hydrogens is 258 g/mol. The largest absolute Gasteiger partial charge is 0.416 e. The van der Waals surface area contributed by atoms with Gasteiger partial charge in [0, 0.05) is 12.6 Å². The minimum atomic E-state index is -4.53. The van der Waals surface area contributed by atoms with E-state index in [1.165, 1.54) is 0 Å². The monoisotopic (exact) mass is 275 g/mol. The Morgan fingerprint density at radius 3 is 2.42 bits per heavy atom. The van der Waals surface area contributed by atoms with Gasteiger partial charge in [-0.25, -0.2) is 4.39 Å². The number of alkyl halides is 3. The molecule has 5 heteroatoms. The van der Waals surface area contributed by atoms with Gasteiger partial charge in [0.2, 0.25) is 0 Å². The maximum atomic E-state index is 13.2. The Morgan fingerprint density at radius 1 is 1.26 bits per heavy atom. The molecule has 1 rings (SSSR count). The van der Waals surface area contributed by atoms with Crippen LogP contribution in [0.4, 0.5) is 17.6 Å². The number of hydrogen-bond donors (Lipinski definition) is 1. The summed E-state index contributed by atoms with van der Waals surface area (Å²) in [6.07, 6.45) is -2.98. The van der Waals surface area contributed by atoms with Gasteiger partial charge in [-0.15, -0.1) is 0 Å². The molecule has 0 aliphatic heterocycles. The van der Waals surface area contributed by atoms with E-state index in [2.05, 4.69) is 5.32 Å². The summed E-state index contributed by atoms with van der Waals surface area (Å²) in [5, 5.41) is 3.14. The fraction of sp³-hybridized carbons (Fsp3) is 0.429. The maximum Gasteiger partial charge on any atom is 0.416 e. The van der Waals surface area contributed by atoms with Crippen LogP contribution in [0.3, 0.4) is 0 Å². The number of rotatable bonds is 4. The highest BCUT2D eigenvalue weighted by Crippen LogP contribution is 2.30. The van der Waals surface area contributed by atoms with Gasteiger partial charge in [0.1, 0.15) is 5.82 Å². The van der Waals surface area contributed by atoms with Crippen molar-refractivity contribution in [3.8, 4) is 0 Å². The minimum absolute atomic E-state index is 0.218. The third kappa shape index (κ3) is 5.42. The molecule has 0 radical (unpaired) electrons. The first kappa shape index (κ1) is 15.7. The first-order valence-electron chi connectivity index (χ1n) is 5.97. The van der Waals surface area contributed by atoms with Gasteiger partial charge in [0.25, 0.3) is 0 Å². The Kier molecular flexibility index (Phi) is 5.11. The maximum absolute atomic E-state index is 13.2. The van der Waals surface area contributed by atoms with Crippen LogP contribution in [0, 0.1) is 5.82 Å². The van der Waals surface area contributed by atoms with Crippen molar-refractivity contribution in [1.82, 2.24) is 5.32 Å². The zero-order chi connectivity index (χ0) is 14.6. The molecule has 0 unspecified atom stereocenters. The topological polar surface area (TPSA) is 12.0 Å². The van der Waals surface area contributed by atoms with E-state index in [1.54, 1.807) is 13.0 Å². The van der Waals surface area contributed by atoms with Crippen LogP contribution >= 0.6 is 0 Å². The van der Waals surface area contributed by atoms with Gasteiger partial charge in [-0.05, 0) is 30.7 Å². The molecule has 0 spiro atoms. The molecule has 0 amide bonds. The van der Waals surface area contributed by atoms with Gasteiger partial charge in [-0.2, -0.15) is 13.2 Å². The van der Waals surface area contributed by atoms with Crippen LogP contribution in [0.2, 0.25) is 0 Å². The number of nitrogens with one attached hydrogen (secondary N) is 1. The van der Waals surface area contributed by atoms with Crippen molar-refractivity contribution in [3.63, 3.8) is 0 Å². The molecule has 0 heterocycles. The van der Waals surface area contributed by atoms with Crippen LogP contribution in [0.5, 0.6) is 0 Å². The summed E-state index contributed by atoms with van der Waals surface area (Å²) in [7, 11) is 0. The average molecular weight is 275 g/mol. The van der Waals surface area contributed by atoms with Crippen LogP contribution in [0.1, 0.15) is 31.9 Å². The SMILES string of the molecule is C/C(=C\c1cc(F)cc(C(F)(F)F)c1)CNC(C)C. The summed E-state index contributed by atoms with van der Waals surface area (Å²) in [5.74, 6) is -0.884. The number of halogens is 4. The molecule has 1 aromatic carbocycles. The van der Waals surface area contributed by atoms with Crippen molar-refractivity contribution >= 4 is 6.08 Å². The van der Waals surface area contributed by atoms with Crippen LogP contribution in [0.25, 0.3) is 6.08 Å². The van der Waals surface area contributed by atoms with E-state index in [0.29, 0.717) is 12.6 Å². The summed E-state index contributed by atoms with van der Waals surface area (Å²) < 4.78 is 50.8. The van der Waals surface area contributed by atoms with Crippen molar-refractivity contribution in [2.24, 2.45) is 0 Å². The first-order chi connectivity index (χ1) is 8.68. The lowest BCUT2D eigenvalue weighted by Gasteiger charge is -2.10. The van der Waals surface area contributed by atoms with Gasteiger partial charge in [0.15, 0.2) is 0 Å². The van der Waals surface area contributed by atoms with Crippen LogP contribution in [-0.2, 0) is 6.18 Å². The van der Waals surface area contributed by atoms with Crippen LogP contribution in [-0.4, -0.2) is 12.6 Å². The van der Waals surface area contributed by atoms with Crippen molar-refractivity contribution in [1.29, 1.82) is 0 Å². The van der Waals surface area contributed by atoms with Gasteiger partial charge in [0.05, 0.1) is 5.56 Å². The molecule has 0 aliphatic rings. The lowest BCUT2D eigenvalue weighted by molar-refractivity contribution is -0.137. The van der Waals surface area contributed by atoms with E-state index < -0.39 is 17.6 Å². The van der Waals surface area contributed by atoms with Gasteiger partial charge in [-0.1, -0.05) is 25.5 Å². The highest BCUT2D eigenvalue weighted by molar-refractivity contribution is 5.54. The molecule has 0 aliphatic carbocycles. The minimum Gasteiger partial charge on any atom is -0.311 e.